The largest absolute Gasteiger partial charge is 0.457 e. The third-order valence-corrected chi connectivity index (χ3v) is 5.38. The molecule has 0 atom stereocenters. The van der Waals surface area contributed by atoms with Gasteiger partial charge in [0, 0.05) is 29.8 Å². The van der Waals surface area contributed by atoms with Crippen molar-refractivity contribution in [2.24, 2.45) is 0 Å². The van der Waals surface area contributed by atoms with Gasteiger partial charge in [-0.3, -0.25) is 4.79 Å². The fourth-order valence-electron chi connectivity index (χ4n) is 3.42. The number of amides is 1. The first-order chi connectivity index (χ1) is 14.1. The van der Waals surface area contributed by atoms with Crippen LogP contribution in [0.2, 0.25) is 10.0 Å². The Balaban J connectivity index is 1.46. The van der Waals surface area contributed by atoms with Gasteiger partial charge in [-0.25, -0.2) is 0 Å². The van der Waals surface area contributed by atoms with E-state index >= 15 is 0 Å². The predicted octanol–water partition coefficient (Wildman–Crippen LogP) is 6.51. The molecule has 0 unspecified atom stereocenters. The number of furan rings is 1. The van der Waals surface area contributed by atoms with Crippen LogP contribution in [-0.2, 0) is 4.79 Å². The Hall–Kier alpha value is -2.69. The van der Waals surface area contributed by atoms with Crippen LogP contribution in [0.4, 0.5) is 11.4 Å². The van der Waals surface area contributed by atoms with Crippen molar-refractivity contribution >= 4 is 46.6 Å². The van der Waals surface area contributed by atoms with Crippen molar-refractivity contribution in [1.82, 2.24) is 0 Å². The van der Waals surface area contributed by atoms with Gasteiger partial charge in [-0.2, -0.15) is 0 Å². The summed E-state index contributed by atoms with van der Waals surface area (Å²) in [6.45, 7) is 1.89. The van der Waals surface area contributed by atoms with Gasteiger partial charge < -0.3 is 14.6 Å². The molecule has 1 aromatic heterocycles. The molecular formula is C23H20Cl2N2O2. The number of hydrogen-bond acceptors (Lipinski definition) is 3. The smallest absolute Gasteiger partial charge is 0.248 e. The Kier molecular flexibility index (Phi) is 5.93. The van der Waals surface area contributed by atoms with Crippen LogP contribution in [0.5, 0.6) is 0 Å². The molecule has 4 nitrogen and oxygen atoms in total. The molecule has 4 rings (SSSR count). The third-order valence-electron chi connectivity index (χ3n) is 4.82. The summed E-state index contributed by atoms with van der Waals surface area (Å²) in [4.78, 5) is 14.7. The molecular weight excluding hydrogens is 407 g/mol. The Labute approximate surface area is 179 Å². The van der Waals surface area contributed by atoms with Crippen LogP contribution in [-0.4, -0.2) is 19.0 Å². The number of carbonyl (C=O) groups is 1. The third kappa shape index (κ3) is 4.66. The number of rotatable bonds is 5. The minimum Gasteiger partial charge on any atom is -0.457 e. The van der Waals surface area contributed by atoms with Gasteiger partial charge in [0.15, 0.2) is 0 Å². The molecule has 0 radical (unpaired) electrons. The lowest BCUT2D eigenvalue weighted by Gasteiger charge is -2.22. The van der Waals surface area contributed by atoms with Gasteiger partial charge in [-0.1, -0.05) is 29.3 Å². The number of anilines is 2. The summed E-state index contributed by atoms with van der Waals surface area (Å²) < 4.78 is 5.80. The molecule has 1 fully saturated rings. The summed E-state index contributed by atoms with van der Waals surface area (Å²) in [7, 11) is 0. The molecule has 2 heterocycles. The van der Waals surface area contributed by atoms with Gasteiger partial charge >= 0.3 is 0 Å². The first kappa shape index (κ1) is 19.6. The van der Waals surface area contributed by atoms with Gasteiger partial charge in [0.25, 0.3) is 0 Å². The van der Waals surface area contributed by atoms with E-state index in [4.69, 9.17) is 27.6 Å². The van der Waals surface area contributed by atoms with Crippen molar-refractivity contribution in [2.45, 2.75) is 12.8 Å². The monoisotopic (exact) mass is 426 g/mol. The number of nitrogens with zero attached hydrogens (tertiary/aromatic N) is 1. The highest BCUT2D eigenvalue weighted by atomic mass is 35.5. The first-order valence-corrected chi connectivity index (χ1v) is 10.2. The first-order valence-electron chi connectivity index (χ1n) is 9.48. The highest BCUT2D eigenvalue weighted by Gasteiger charge is 2.19. The Morgan fingerprint density at radius 2 is 1.76 bits per heavy atom. The van der Waals surface area contributed by atoms with Gasteiger partial charge in [0.1, 0.15) is 11.5 Å². The summed E-state index contributed by atoms with van der Waals surface area (Å²) in [6, 6.07) is 16.6. The zero-order chi connectivity index (χ0) is 20.2. The standard InChI is InChI=1S/C23H20Cl2N2O2/c24-17-8-6-16(7-9-17)21-12-10-18(29-21)11-13-22(28)26-20-5-3-4-19(25)23(20)27-14-1-2-15-27/h3-13H,1-2,14-15H2,(H,26,28)/b13-11+. The summed E-state index contributed by atoms with van der Waals surface area (Å²) in [5, 5.41) is 4.25. The number of benzene rings is 2. The van der Waals surface area contributed by atoms with Gasteiger partial charge in [-0.05, 0) is 67.4 Å². The Morgan fingerprint density at radius 1 is 1.00 bits per heavy atom. The lowest BCUT2D eigenvalue weighted by atomic mass is 10.2. The van der Waals surface area contributed by atoms with Crippen LogP contribution in [0, 0.1) is 0 Å². The number of nitrogens with one attached hydrogen (secondary N) is 1. The van der Waals surface area contributed by atoms with E-state index in [9.17, 15) is 4.79 Å². The molecule has 0 saturated carbocycles. The van der Waals surface area contributed by atoms with Crippen LogP contribution in [0.25, 0.3) is 17.4 Å². The lowest BCUT2D eigenvalue weighted by molar-refractivity contribution is -0.111. The molecule has 1 N–H and O–H groups in total. The molecule has 2 aromatic carbocycles. The molecule has 29 heavy (non-hydrogen) atoms. The van der Waals surface area contributed by atoms with Crippen molar-refractivity contribution in [3.63, 3.8) is 0 Å². The van der Waals surface area contributed by atoms with E-state index in [1.807, 2.05) is 54.6 Å². The molecule has 0 spiro atoms. The summed E-state index contributed by atoms with van der Waals surface area (Å²) in [6.07, 6.45) is 5.37. The number of carbonyl (C=O) groups excluding carboxylic acids is 1. The average Bonchev–Trinajstić information content (AvgIpc) is 3.39. The van der Waals surface area contributed by atoms with Crippen molar-refractivity contribution in [1.29, 1.82) is 0 Å². The second kappa shape index (κ2) is 8.76. The summed E-state index contributed by atoms with van der Waals surface area (Å²) in [5.74, 6) is 1.07. The second-order valence-corrected chi connectivity index (χ2v) is 7.71. The fourth-order valence-corrected chi connectivity index (χ4v) is 3.84. The summed E-state index contributed by atoms with van der Waals surface area (Å²) >= 11 is 12.3. The van der Waals surface area contributed by atoms with E-state index in [2.05, 4.69) is 10.2 Å². The molecule has 1 aliphatic rings. The maximum atomic E-state index is 12.5. The highest BCUT2D eigenvalue weighted by Crippen LogP contribution is 2.36. The maximum absolute atomic E-state index is 12.5. The normalized spacial score (nSPS) is 13.9. The molecule has 0 bridgehead atoms. The molecule has 1 amide bonds. The van der Waals surface area contributed by atoms with E-state index in [0.717, 1.165) is 42.9 Å². The molecule has 0 aliphatic carbocycles. The van der Waals surface area contributed by atoms with E-state index in [-0.39, 0.29) is 5.91 Å². The lowest BCUT2D eigenvalue weighted by Crippen LogP contribution is -2.21. The predicted molar refractivity (Wildman–Crippen MR) is 120 cm³/mol. The van der Waals surface area contributed by atoms with Crippen LogP contribution in [0.3, 0.4) is 0 Å². The van der Waals surface area contributed by atoms with E-state index < -0.39 is 0 Å². The molecule has 148 valence electrons. The van der Waals surface area contributed by atoms with Crippen LogP contribution in [0.15, 0.2) is 65.1 Å². The van der Waals surface area contributed by atoms with E-state index in [1.54, 1.807) is 6.08 Å². The maximum Gasteiger partial charge on any atom is 0.248 e. The molecule has 1 aliphatic heterocycles. The second-order valence-electron chi connectivity index (χ2n) is 6.86. The van der Waals surface area contributed by atoms with Gasteiger partial charge in [0.05, 0.1) is 16.4 Å². The van der Waals surface area contributed by atoms with Crippen LogP contribution in [0.1, 0.15) is 18.6 Å². The molecule has 3 aromatic rings. The SMILES string of the molecule is O=C(/C=C/c1ccc(-c2ccc(Cl)cc2)o1)Nc1cccc(Cl)c1N1CCCC1. The number of halogens is 2. The van der Waals surface area contributed by atoms with Crippen LogP contribution < -0.4 is 10.2 Å². The van der Waals surface area contributed by atoms with Crippen molar-refractivity contribution in [3.05, 3.63) is 76.5 Å². The quantitative estimate of drug-likeness (QED) is 0.473. The van der Waals surface area contributed by atoms with Crippen molar-refractivity contribution in [3.8, 4) is 11.3 Å². The number of hydrogen-bond donors (Lipinski definition) is 1. The minimum absolute atomic E-state index is 0.239. The molecule has 1 saturated heterocycles. The van der Waals surface area contributed by atoms with Crippen LogP contribution >= 0.6 is 23.2 Å². The Bertz CT molecular complexity index is 1040. The summed E-state index contributed by atoms with van der Waals surface area (Å²) in [5.41, 5.74) is 2.53. The van der Waals surface area contributed by atoms with E-state index in [1.165, 1.54) is 6.08 Å². The van der Waals surface area contributed by atoms with E-state index in [0.29, 0.717) is 21.6 Å². The highest BCUT2D eigenvalue weighted by molar-refractivity contribution is 6.34. The van der Waals surface area contributed by atoms with Gasteiger partial charge in [0.2, 0.25) is 5.91 Å². The molecule has 6 heteroatoms. The topological polar surface area (TPSA) is 45.5 Å². The zero-order valence-corrected chi connectivity index (χ0v) is 17.2. The van der Waals surface area contributed by atoms with Crippen molar-refractivity contribution in [2.75, 3.05) is 23.3 Å². The minimum atomic E-state index is -0.239. The Morgan fingerprint density at radius 3 is 2.52 bits per heavy atom. The average molecular weight is 427 g/mol. The fraction of sp³-hybridized carbons (Fsp3) is 0.174. The van der Waals surface area contributed by atoms with Gasteiger partial charge in [-0.15, -0.1) is 0 Å². The number of para-hydroxylation sites is 1. The van der Waals surface area contributed by atoms with Crippen molar-refractivity contribution < 1.29 is 9.21 Å². The zero-order valence-electron chi connectivity index (χ0n) is 15.7.